The number of aromatic nitrogens is 2. The molecule has 2 amide bonds. The van der Waals surface area contributed by atoms with Gasteiger partial charge in [0, 0.05) is 35.7 Å². The molecule has 0 unspecified atom stereocenters. The number of nitrogens with one attached hydrogen (secondary N) is 3. The number of carbonyl (C=O) groups excluding carboxylic acids is 2. The Morgan fingerprint density at radius 1 is 1.12 bits per heavy atom. The summed E-state index contributed by atoms with van der Waals surface area (Å²) in [4.78, 5) is 32.9. The molecule has 0 radical (unpaired) electrons. The molecule has 166 valence electrons. The highest BCUT2D eigenvalue weighted by Gasteiger charge is 2.14. The summed E-state index contributed by atoms with van der Waals surface area (Å²) in [5, 5.41) is 8.85. The first-order valence-electron chi connectivity index (χ1n) is 9.84. The van der Waals surface area contributed by atoms with E-state index in [0.717, 1.165) is 0 Å². The summed E-state index contributed by atoms with van der Waals surface area (Å²) in [5.41, 5.74) is 12.9. The van der Waals surface area contributed by atoms with E-state index in [2.05, 4.69) is 25.9 Å². The van der Waals surface area contributed by atoms with Crippen molar-refractivity contribution in [2.24, 2.45) is 11.5 Å². The maximum Gasteiger partial charge on any atom is 0.255 e. The zero-order chi connectivity index (χ0) is 23.1. The normalized spacial score (nSPS) is 11.3. The molecule has 1 aromatic heterocycles. The van der Waals surface area contributed by atoms with E-state index in [1.165, 1.54) is 6.20 Å². The minimum atomic E-state index is -0.681. The Bertz CT molecular complexity index is 1100. The second-order valence-electron chi connectivity index (χ2n) is 7.07. The third-order valence-electron chi connectivity index (χ3n) is 4.37. The summed E-state index contributed by atoms with van der Waals surface area (Å²) >= 11 is 0. The molecule has 1 heterocycles. The summed E-state index contributed by atoms with van der Waals surface area (Å²) in [6.45, 7) is 2.29. The van der Waals surface area contributed by atoms with Gasteiger partial charge < -0.3 is 32.2 Å². The predicted molar refractivity (Wildman–Crippen MR) is 123 cm³/mol. The van der Waals surface area contributed by atoms with Crippen molar-refractivity contribution in [3.05, 3.63) is 65.9 Å². The second kappa shape index (κ2) is 10.2. The predicted octanol–water partition coefficient (Wildman–Crippen LogP) is 2.34. The van der Waals surface area contributed by atoms with E-state index < -0.39 is 5.91 Å². The van der Waals surface area contributed by atoms with Gasteiger partial charge in [-0.15, -0.1) is 0 Å². The Hall–Kier alpha value is -4.18. The van der Waals surface area contributed by atoms with Crippen molar-refractivity contribution in [1.29, 1.82) is 0 Å². The number of nitrogens with zero attached hydrogens (tertiary/aromatic N) is 2. The van der Waals surface area contributed by atoms with Crippen LogP contribution in [0.3, 0.4) is 0 Å². The number of hydrogen-bond donors (Lipinski definition) is 5. The lowest BCUT2D eigenvalue weighted by atomic mass is 10.1. The molecule has 10 nitrogen and oxygen atoms in total. The molecule has 3 rings (SSSR count). The van der Waals surface area contributed by atoms with Crippen LogP contribution in [-0.4, -0.2) is 41.5 Å². The van der Waals surface area contributed by atoms with Gasteiger partial charge in [-0.1, -0.05) is 6.07 Å². The molecular formula is C22H25N7O3. The van der Waals surface area contributed by atoms with Gasteiger partial charge in [-0.25, -0.2) is 4.98 Å². The summed E-state index contributed by atoms with van der Waals surface area (Å²) in [6.07, 6.45) is 1.33. The zero-order valence-electron chi connectivity index (χ0n) is 17.8. The second-order valence-corrected chi connectivity index (χ2v) is 7.07. The van der Waals surface area contributed by atoms with Crippen LogP contribution >= 0.6 is 0 Å². The highest BCUT2D eigenvalue weighted by atomic mass is 16.5. The van der Waals surface area contributed by atoms with E-state index in [4.69, 9.17) is 16.2 Å². The number of rotatable bonds is 9. The van der Waals surface area contributed by atoms with Crippen molar-refractivity contribution in [3.8, 4) is 5.75 Å². The van der Waals surface area contributed by atoms with Gasteiger partial charge in [-0.3, -0.25) is 9.59 Å². The Morgan fingerprint density at radius 3 is 2.53 bits per heavy atom. The average molecular weight is 435 g/mol. The van der Waals surface area contributed by atoms with Gasteiger partial charge in [-0.05, 0) is 49.4 Å². The lowest BCUT2D eigenvalue weighted by Crippen LogP contribution is -2.26. The van der Waals surface area contributed by atoms with E-state index in [1.54, 1.807) is 55.6 Å². The number of carbonyl (C=O) groups is 2. The molecule has 0 aliphatic heterocycles. The standard InChI is InChI=1S/C22H25N7O3/c1-13(23)11-25-22-26-12-18(19(24)30)20(29-22)27-16-5-3-4-14(10-16)21(31)28-15-6-8-17(32-2)9-7-15/h3-10,12-13H,11,23H2,1-2H3,(H2,24,30)(H,28,31)(H2,25,26,27,29)/t13-/m0/s1. The van der Waals surface area contributed by atoms with Crippen LogP contribution in [0.5, 0.6) is 5.75 Å². The first-order chi connectivity index (χ1) is 15.4. The highest BCUT2D eigenvalue weighted by molar-refractivity contribution is 6.05. The summed E-state index contributed by atoms with van der Waals surface area (Å²) in [7, 11) is 1.57. The molecule has 0 aliphatic rings. The summed E-state index contributed by atoms with van der Waals surface area (Å²) in [5.74, 6) is 0.227. The number of methoxy groups -OCH3 is 1. The number of anilines is 4. The highest BCUT2D eigenvalue weighted by Crippen LogP contribution is 2.22. The molecule has 1 atom stereocenters. The summed E-state index contributed by atoms with van der Waals surface area (Å²) in [6, 6.07) is 13.7. The van der Waals surface area contributed by atoms with E-state index >= 15 is 0 Å². The number of nitrogens with two attached hydrogens (primary N) is 2. The zero-order valence-corrected chi connectivity index (χ0v) is 17.8. The molecule has 0 bridgehead atoms. The molecule has 0 saturated carbocycles. The molecule has 0 fully saturated rings. The van der Waals surface area contributed by atoms with Crippen LogP contribution in [0.4, 0.5) is 23.1 Å². The smallest absolute Gasteiger partial charge is 0.255 e. The van der Waals surface area contributed by atoms with Crippen LogP contribution in [0.1, 0.15) is 27.6 Å². The fourth-order valence-electron chi connectivity index (χ4n) is 2.75. The van der Waals surface area contributed by atoms with Crippen LogP contribution < -0.4 is 32.2 Å². The largest absolute Gasteiger partial charge is 0.497 e. The fourth-order valence-corrected chi connectivity index (χ4v) is 2.75. The maximum atomic E-state index is 12.7. The van der Waals surface area contributed by atoms with Crippen molar-refractivity contribution < 1.29 is 14.3 Å². The molecule has 0 saturated heterocycles. The minimum absolute atomic E-state index is 0.105. The Labute approximate surface area is 185 Å². The molecule has 32 heavy (non-hydrogen) atoms. The fraction of sp³-hybridized carbons (Fsp3) is 0.182. The topological polar surface area (TPSA) is 157 Å². The van der Waals surface area contributed by atoms with E-state index in [9.17, 15) is 9.59 Å². The van der Waals surface area contributed by atoms with Crippen molar-refractivity contribution >= 4 is 35.0 Å². The van der Waals surface area contributed by atoms with Crippen LogP contribution in [0.15, 0.2) is 54.7 Å². The molecule has 0 aliphatic carbocycles. The molecule has 7 N–H and O–H groups in total. The van der Waals surface area contributed by atoms with Crippen molar-refractivity contribution in [3.63, 3.8) is 0 Å². The van der Waals surface area contributed by atoms with Gasteiger partial charge in [0.25, 0.3) is 11.8 Å². The Morgan fingerprint density at radius 2 is 1.88 bits per heavy atom. The van der Waals surface area contributed by atoms with Gasteiger partial charge in [0.05, 0.1) is 7.11 Å². The van der Waals surface area contributed by atoms with Gasteiger partial charge in [0.15, 0.2) is 0 Å². The first-order valence-corrected chi connectivity index (χ1v) is 9.84. The molecule has 2 aromatic carbocycles. The number of primary amides is 1. The van der Waals surface area contributed by atoms with Crippen molar-refractivity contribution in [2.45, 2.75) is 13.0 Å². The quantitative estimate of drug-likeness (QED) is 0.343. The van der Waals surface area contributed by atoms with Crippen LogP contribution in [0.25, 0.3) is 0 Å². The first kappa shape index (κ1) is 22.5. The SMILES string of the molecule is COc1ccc(NC(=O)c2cccc(Nc3nc(NC[C@H](C)N)ncc3C(N)=O)c2)cc1. The van der Waals surface area contributed by atoms with E-state index in [1.807, 2.05) is 6.92 Å². The van der Waals surface area contributed by atoms with Gasteiger partial charge >= 0.3 is 0 Å². The van der Waals surface area contributed by atoms with Gasteiger partial charge in [-0.2, -0.15) is 4.98 Å². The number of hydrogen-bond acceptors (Lipinski definition) is 8. The third-order valence-corrected chi connectivity index (χ3v) is 4.37. The molecule has 0 spiro atoms. The van der Waals surface area contributed by atoms with Gasteiger partial charge in [0.1, 0.15) is 17.1 Å². The third kappa shape index (κ3) is 5.92. The molecular weight excluding hydrogens is 410 g/mol. The van der Waals surface area contributed by atoms with Crippen LogP contribution in [-0.2, 0) is 0 Å². The van der Waals surface area contributed by atoms with Crippen molar-refractivity contribution in [2.75, 3.05) is 29.6 Å². The Balaban J connectivity index is 1.79. The van der Waals surface area contributed by atoms with Crippen molar-refractivity contribution in [1.82, 2.24) is 9.97 Å². The number of benzene rings is 2. The number of ether oxygens (including phenoxy) is 1. The minimum Gasteiger partial charge on any atom is -0.497 e. The average Bonchev–Trinajstić information content (AvgIpc) is 2.78. The molecule has 10 heteroatoms. The lowest BCUT2D eigenvalue weighted by Gasteiger charge is -2.13. The summed E-state index contributed by atoms with van der Waals surface area (Å²) < 4.78 is 5.12. The number of amides is 2. The Kier molecular flexibility index (Phi) is 7.19. The van der Waals surface area contributed by atoms with Gasteiger partial charge in [0.2, 0.25) is 5.95 Å². The van der Waals surface area contributed by atoms with Crippen LogP contribution in [0, 0.1) is 0 Å². The maximum absolute atomic E-state index is 12.7. The lowest BCUT2D eigenvalue weighted by molar-refractivity contribution is 0.0997. The monoisotopic (exact) mass is 435 g/mol. The van der Waals surface area contributed by atoms with Crippen LogP contribution in [0.2, 0.25) is 0 Å². The molecule has 3 aromatic rings. The van der Waals surface area contributed by atoms with E-state index in [0.29, 0.717) is 35.2 Å². The van der Waals surface area contributed by atoms with E-state index in [-0.39, 0.29) is 23.3 Å².